The van der Waals surface area contributed by atoms with Crippen LogP contribution in [0.15, 0.2) is 89.8 Å². The van der Waals surface area contributed by atoms with Crippen molar-refractivity contribution in [2.75, 3.05) is 23.3 Å². The number of methoxy groups -OCH3 is 1. The lowest BCUT2D eigenvalue weighted by Crippen LogP contribution is -2.38. The topological polar surface area (TPSA) is 84.9 Å². The number of para-hydroxylation sites is 2. The summed E-state index contributed by atoms with van der Waals surface area (Å²) in [6, 6.07) is 19.4. The number of sulfonamides is 1. The molecule has 0 fully saturated rings. The standard InChI is InChI=1S/C29H23Cl2F3N2O5S/c1-18-7-11-21(12-8-18)42(38,39)36(20-10-13-23(31)22(16-20)29(32,33)34)17-28(37)35-24-15-19(30)9-14-25(24)41-27-6-4-3-5-26(27)40-2/h3-16H,17H2,1-2H3,(H,35,37). The fourth-order valence-electron chi connectivity index (χ4n) is 3.87. The van der Waals surface area contributed by atoms with Crippen LogP contribution in [-0.4, -0.2) is 28.0 Å². The second-order valence-electron chi connectivity index (χ2n) is 8.93. The van der Waals surface area contributed by atoms with Crippen LogP contribution in [-0.2, 0) is 21.0 Å². The summed E-state index contributed by atoms with van der Waals surface area (Å²) in [4.78, 5) is 13.1. The number of halogens is 5. The molecule has 7 nitrogen and oxygen atoms in total. The zero-order valence-corrected chi connectivity index (χ0v) is 24.4. The highest BCUT2D eigenvalue weighted by molar-refractivity contribution is 7.92. The number of ether oxygens (including phenoxy) is 2. The van der Waals surface area contributed by atoms with Crippen LogP contribution >= 0.6 is 23.2 Å². The van der Waals surface area contributed by atoms with E-state index in [1.54, 1.807) is 31.2 Å². The van der Waals surface area contributed by atoms with E-state index in [2.05, 4.69) is 5.32 Å². The summed E-state index contributed by atoms with van der Waals surface area (Å²) in [6.07, 6.45) is -4.87. The summed E-state index contributed by atoms with van der Waals surface area (Å²) in [7, 11) is -3.07. The van der Waals surface area contributed by atoms with Crippen LogP contribution in [0.4, 0.5) is 24.5 Å². The lowest BCUT2D eigenvalue weighted by molar-refractivity contribution is -0.137. The number of hydrogen-bond acceptors (Lipinski definition) is 5. The maximum Gasteiger partial charge on any atom is 0.417 e. The van der Waals surface area contributed by atoms with Crippen molar-refractivity contribution >= 4 is 50.5 Å². The van der Waals surface area contributed by atoms with Gasteiger partial charge in [-0.2, -0.15) is 13.2 Å². The zero-order valence-electron chi connectivity index (χ0n) is 22.1. The molecule has 0 spiro atoms. The molecule has 42 heavy (non-hydrogen) atoms. The van der Waals surface area contributed by atoms with E-state index >= 15 is 0 Å². The number of carbonyl (C=O) groups excluding carboxylic acids is 1. The minimum Gasteiger partial charge on any atom is -0.493 e. The third kappa shape index (κ3) is 7.10. The first kappa shape index (κ1) is 31.0. The van der Waals surface area contributed by atoms with Crippen LogP contribution in [0.1, 0.15) is 11.1 Å². The van der Waals surface area contributed by atoms with Gasteiger partial charge < -0.3 is 14.8 Å². The Hall–Kier alpha value is -3.93. The summed E-state index contributed by atoms with van der Waals surface area (Å²) in [6.45, 7) is 0.849. The van der Waals surface area contributed by atoms with Gasteiger partial charge in [-0.3, -0.25) is 9.10 Å². The molecular weight excluding hydrogens is 616 g/mol. The van der Waals surface area contributed by atoms with Gasteiger partial charge in [0.1, 0.15) is 6.54 Å². The number of rotatable bonds is 9. The smallest absolute Gasteiger partial charge is 0.417 e. The maximum absolute atomic E-state index is 13.7. The Balaban J connectivity index is 1.72. The van der Waals surface area contributed by atoms with Gasteiger partial charge >= 0.3 is 6.18 Å². The minimum absolute atomic E-state index is 0.0816. The monoisotopic (exact) mass is 638 g/mol. The molecule has 220 valence electrons. The molecule has 1 amide bonds. The first-order valence-electron chi connectivity index (χ1n) is 12.2. The van der Waals surface area contributed by atoms with Crippen LogP contribution in [0.5, 0.6) is 17.2 Å². The number of alkyl halides is 3. The molecule has 0 saturated carbocycles. The van der Waals surface area contributed by atoms with Gasteiger partial charge in [-0.15, -0.1) is 0 Å². The van der Waals surface area contributed by atoms with Crippen molar-refractivity contribution in [3.8, 4) is 17.2 Å². The fraction of sp³-hybridized carbons (Fsp3) is 0.138. The van der Waals surface area contributed by atoms with E-state index in [0.717, 1.165) is 17.7 Å². The highest BCUT2D eigenvalue weighted by atomic mass is 35.5. The van der Waals surface area contributed by atoms with Crippen molar-refractivity contribution < 1.29 is 35.9 Å². The van der Waals surface area contributed by atoms with Crippen molar-refractivity contribution in [2.45, 2.75) is 18.0 Å². The van der Waals surface area contributed by atoms with Gasteiger partial charge in [0.25, 0.3) is 10.0 Å². The predicted molar refractivity (Wildman–Crippen MR) is 155 cm³/mol. The molecule has 0 saturated heterocycles. The Morgan fingerprint density at radius 1 is 0.905 bits per heavy atom. The molecule has 13 heteroatoms. The van der Waals surface area contributed by atoms with Crippen molar-refractivity contribution in [3.63, 3.8) is 0 Å². The molecule has 0 bridgehead atoms. The van der Waals surface area contributed by atoms with Crippen molar-refractivity contribution in [3.05, 3.63) is 106 Å². The molecule has 1 N–H and O–H groups in total. The molecule has 4 rings (SSSR count). The molecular formula is C29H23Cl2F3N2O5S. The van der Waals surface area contributed by atoms with E-state index in [1.165, 1.54) is 49.6 Å². The molecule has 0 aliphatic rings. The van der Waals surface area contributed by atoms with Crippen LogP contribution in [0.25, 0.3) is 0 Å². The lowest BCUT2D eigenvalue weighted by Gasteiger charge is -2.25. The number of carbonyl (C=O) groups is 1. The number of anilines is 2. The fourth-order valence-corrected chi connectivity index (χ4v) is 5.68. The van der Waals surface area contributed by atoms with Gasteiger partial charge in [0, 0.05) is 5.02 Å². The van der Waals surface area contributed by atoms with Gasteiger partial charge in [-0.05, 0) is 67.6 Å². The minimum atomic E-state index is -4.87. The number of nitrogens with one attached hydrogen (secondary N) is 1. The second kappa shape index (κ2) is 12.5. The highest BCUT2D eigenvalue weighted by Gasteiger charge is 2.35. The summed E-state index contributed by atoms with van der Waals surface area (Å²) in [5, 5.41) is 2.16. The Kier molecular flexibility index (Phi) is 9.24. The van der Waals surface area contributed by atoms with Gasteiger partial charge in [-0.25, -0.2) is 8.42 Å². The van der Waals surface area contributed by atoms with Crippen molar-refractivity contribution in [1.29, 1.82) is 0 Å². The van der Waals surface area contributed by atoms with Crippen LogP contribution in [0.3, 0.4) is 0 Å². The molecule has 4 aromatic carbocycles. The quantitative estimate of drug-likeness (QED) is 0.201. The molecule has 0 aromatic heterocycles. The third-order valence-corrected chi connectivity index (χ3v) is 8.30. The first-order valence-corrected chi connectivity index (χ1v) is 14.4. The molecule has 0 aliphatic heterocycles. The number of amides is 1. The van der Waals surface area contributed by atoms with E-state index in [0.29, 0.717) is 21.9 Å². The summed E-state index contributed by atoms with van der Waals surface area (Å²) in [5.74, 6) is -0.0112. The van der Waals surface area contributed by atoms with Gasteiger partial charge in [0.2, 0.25) is 5.91 Å². The van der Waals surface area contributed by atoms with Gasteiger partial charge in [0.15, 0.2) is 17.2 Å². The normalized spacial score (nSPS) is 11.6. The number of benzene rings is 4. The summed E-state index contributed by atoms with van der Waals surface area (Å²) < 4.78 is 80.1. The maximum atomic E-state index is 13.7. The van der Waals surface area contributed by atoms with E-state index in [-0.39, 0.29) is 21.4 Å². The average molecular weight is 639 g/mol. The molecule has 4 aromatic rings. The first-order chi connectivity index (χ1) is 19.8. The lowest BCUT2D eigenvalue weighted by atomic mass is 10.2. The summed E-state index contributed by atoms with van der Waals surface area (Å²) in [5.41, 5.74) is -0.835. The van der Waals surface area contributed by atoms with Crippen LogP contribution in [0.2, 0.25) is 10.0 Å². The predicted octanol–water partition coefficient (Wildman–Crippen LogP) is 7.96. The SMILES string of the molecule is COc1ccccc1Oc1ccc(Cl)cc1NC(=O)CN(c1ccc(Cl)c(C(F)(F)F)c1)S(=O)(=O)c1ccc(C)cc1. The largest absolute Gasteiger partial charge is 0.493 e. The molecule has 0 atom stereocenters. The molecule has 0 aliphatic carbocycles. The number of aryl methyl sites for hydroxylation is 1. The highest BCUT2D eigenvalue weighted by Crippen LogP contribution is 2.39. The van der Waals surface area contributed by atoms with E-state index in [4.69, 9.17) is 32.7 Å². The van der Waals surface area contributed by atoms with E-state index < -0.39 is 44.9 Å². The Bertz CT molecular complexity index is 1720. The Morgan fingerprint density at radius 2 is 1.57 bits per heavy atom. The molecule has 0 unspecified atom stereocenters. The Morgan fingerprint density at radius 3 is 2.21 bits per heavy atom. The van der Waals surface area contributed by atoms with Crippen LogP contribution in [0, 0.1) is 6.92 Å². The van der Waals surface area contributed by atoms with Crippen molar-refractivity contribution in [2.24, 2.45) is 0 Å². The van der Waals surface area contributed by atoms with Crippen molar-refractivity contribution in [1.82, 2.24) is 0 Å². The average Bonchev–Trinajstić information content (AvgIpc) is 2.93. The molecule has 0 radical (unpaired) electrons. The molecule has 0 heterocycles. The number of hydrogen-bond donors (Lipinski definition) is 1. The second-order valence-corrected chi connectivity index (χ2v) is 11.6. The van der Waals surface area contributed by atoms with Crippen LogP contribution < -0.4 is 19.1 Å². The number of nitrogens with zero attached hydrogens (tertiary/aromatic N) is 1. The zero-order chi connectivity index (χ0) is 30.7. The van der Waals surface area contributed by atoms with Gasteiger partial charge in [-0.1, -0.05) is 53.0 Å². The van der Waals surface area contributed by atoms with E-state index in [9.17, 15) is 26.4 Å². The summed E-state index contributed by atoms with van der Waals surface area (Å²) >= 11 is 11.9. The third-order valence-electron chi connectivity index (χ3n) is 5.94. The van der Waals surface area contributed by atoms with Gasteiger partial charge in [0.05, 0.1) is 34.0 Å². The van der Waals surface area contributed by atoms with E-state index in [1.807, 2.05) is 0 Å². The Labute approximate surface area is 250 Å².